The van der Waals surface area contributed by atoms with Gasteiger partial charge in [0.05, 0.1) is 57.3 Å². The molecule has 0 unspecified atom stereocenters. The van der Waals surface area contributed by atoms with E-state index in [1.807, 2.05) is 0 Å². The molecular formula is C33H32ClFN8O2S. The monoisotopic (exact) mass is 658 g/mol. The van der Waals surface area contributed by atoms with Crippen LogP contribution in [0.3, 0.4) is 0 Å². The summed E-state index contributed by atoms with van der Waals surface area (Å²) in [6, 6.07) is 5.71. The van der Waals surface area contributed by atoms with Gasteiger partial charge in [-0.05, 0) is 80.4 Å². The van der Waals surface area contributed by atoms with Crippen molar-refractivity contribution in [1.29, 1.82) is 5.26 Å². The van der Waals surface area contributed by atoms with Gasteiger partial charge in [0.2, 0.25) is 0 Å². The van der Waals surface area contributed by atoms with E-state index in [9.17, 15) is 5.26 Å². The third-order valence-electron chi connectivity index (χ3n) is 9.61. The molecule has 0 saturated carbocycles. The molecule has 236 valence electrons. The van der Waals surface area contributed by atoms with E-state index >= 15 is 4.39 Å². The summed E-state index contributed by atoms with van der Waals surface area (Å²) in [5, 5.41) is 23.2. The molecule has 4 N–H and O–H groups in total. The minimum atomic E-state index is -0.441. The third kappa shape index (κ3) is 4.76. The first-order chi connectivity index (χ1) is 22.4. The SMILES string of the molecule is CN1CCC[C@H]1COc1nc(NCc2[nH]nc3c2CCCC3)c2c3c(c(-c4ccc(F)c5sc(N)c(C#N)c45)c(Cl)c2n1)COC3. The number of anilines is 2. The molecule has 1 saturated heterocycles. The van der Waals surface area contributed by atoms with Gasteiger partial charge in [0.25, 0.3) is 0 Å². The summed E-state index contributed by atoms with van der Waals surface area (Å²) in [4.78, 5) is 12.1. The van der Waals surface area contributed by atoms with Crippen LogP contribution in [0, 0.1) is 17.1 Å². The first kappa shape index (κ1) is 29.4. The molecule has 13 heteroatoms. The fourth-order valence-electron chi connectivity index (χ4n) is 7.21. The number of hydrogen-bond donors (Lipinski definition) is 3. The number of aromatic amines is 1. The van der Waals surface area contributed by atoms with Crippen LogP contribution < -0.4 is 15.8 Å². The van der Waals surface area contributed by atoms with Gasteiger partial charge in [-0.15, -0.1) is 11.3 Å². The maximum atomic E-state index is 15.0. The molecule has 0 bridgehead atoms. The number of nitrogens with one attached hydrogen (secondary N) is 2. The third-order valence-corrected chi connectivity index (χ3v) is 11.0. The van der Waals surface area contributed by atoms with E-state index in [0.717, 1.165) is 84.3 Å². The average Bonchev–Trinajstić information content (AvgIpc) is 3.86. The molecule has 2 aliphatic heterocycles. The van der Waals surface area contributed by atoms with Gasteiger partial charge in [-0.1, -0.05) is 17.7 Å². The standard InChI is InChI=1S/C33H32ClFN8O2S/c1-43-10-4-5-16(43)13-45-33-39-29-27(32(40-33)38-12-24-17-6-2-3-7-23(17)41-42-24)21-15-44-14-20(21)25(28(29)34)18-8-9-22(35)30-26(18)19(11-36)31(37)46-30/h8-9,16H,2-7,10,12-15,37H2,1H3,(H,41,42)(H,38,39,40)/t16-/m0/s1. The molecule has 2 aromatic carbocycles. The van der Waals surface area contributed by atoms with Crippen molar-refractivity contribution in [2.24, 2.45) is 0 Å². The van der Waals surface area contributed by atoms with E-state index in [1.165, 1.54) is 11.6 Å². The van der Waals surface area contributed by atoms with E-state index in [1.54, 1.807) is 6.07 Å². The number of fused-ring (bicyclic) bond motifs is 5. The lowest BCUT2D eigenvalue weighted by molar-refractivity contribution is 0.135. The van der Waals surface area contributed by atoms with Gasteiger partial charge in [0, 0.05) is 17.0 Å². The second-order valence-electron chi connectivity index (χ2n) is 12.2. The summed E-state index contributed by atoms with van der Waals surface area (Å²) in [7, 11) is 2.10. The Kier molecular flexibility index (Phi) is 7.44. The van der Waals surface area contributed by atoms with Gasteiger partial charge in [-0.3, -0.25) is 5.10 Å². The van der Waals surface area contributed by atoms with Crippen LogP contribution in [-0.4, -0.2) is 51.3 Å². The lowest BCUT2D eigenvalue weighted by Gasteiger charge is -2.21. The number of aromatic nitrogens is 4. The Morgan fingerprint density at radius 2 is 2.04 bits per heavy atom. The van der Waals surface area contributed by atoms with Crippen molar-refractivity contribution >= 4 is 54.7 Å². The summed E-state index contributed by atoms with van der Waals surface area (Å²) in [6.45, 7) is 2.58. The number of rotatable bonds is 7. The average molecular weight is 659 g/mol. The van der Waals surface area contributed by atoms with Gasteiger partial charge in [0.1, 0.15) is 29.3 Å². The molecule has 1 atom stereocenters. The van der Waals surface area contributed by atoms with Crippen molar-refractivity contribution in [3.8, 4) is 23.2 Å². The fourth-order valence-corrected chi connectivity index (χ4v) is 8.51. The Morgan fingerprint density at radius 1 is 1.20 bits per heavy atom. The number of nitrogens with two attached hydrogens (primary N) is 1. The van der Waals surface area contributed by atoms with Crippen molar-refractivity contribution in [3.63, 3.8) is 0 Å². The van der Waals surface area contributed by atoms with Crippen molar-refractivity contribution in [2.75, 3.05) is 31.2 Å². The molecule has 3 aromatic heterocycles. The van der Waals surface area contributed by atoms with Crippen molar-refractivity contribution in [1.82, 2.24) is 25.1 Å². The van der Waals surface area contributed by atoms with Gasteiger partial charge in [-0.25, -0.2) is 4.39 Å². The molecule has 3 aliphatic rings. The molecule has 1 fully saturated rings. The number of aryl methyl sites for hydroxylation is 1. The van der Waals surface area contributed by atoms with Crippen LogP contribution in [0.4, 0.5) is 15.2 Å². The van der Waals surface area contributed by atoms with Crippen LogP contribution in [0.15, 0.2) is 12.1 Å². The molecule has 0 spiro atoms. The molecule has 1 aliphatic carbocycles. The van der Waals surface area contributed by atoms with Crippen molar-refractivity contribution in [3.05, 3.63) is 56.6 Å². The van der Waals surface area contributed by atoms with E-state index in [-0.39, 0.29) is 22.6 Å². The number of halogens is 2. The van der Waals surface area contributed by atoms with E-state index in [4.69, 9.17) is 36.8 Å². The van der Waals surface area contributed by atoms with Gasteiger partial charge in [0.15, 0.2) is 0 Å². The quantitative estimate of drug-likeness (QED) is 0.179. The number of H-pyrrole nitrogens is 1. The number of nitriles is 1. The second kappa shape index (κ2) is 11.7. The van der Waals surface area contributed by atoms with Crippen LogP contribution in [0.25, 0.3) is 32.1 Å². The maximum absolute atomic E-state index is 15.0. The number of likely N-dealkylation sites (tertiary alicyclic amines) is 1. The molecule has 46 heavy (non-hydrogen) atoms. The molecular weight excluding hydrogens is 627 g/mol. The number of likely N-dealkylation sites (N-methyl/N-ethyl adjacent to an activating group) is 1. The Balaban J connectivity index is 1.30. The lowest BCUT2D eigenvalue weighted by atomic mass is 9.91. The molecule has 0 radical (unpaired) electrons. The van der Waals surface area contributed by atoms with Crippen molar-refractivity contribution < 1.29 is 13.9 Å². The van der Waals surface area contributed by atoms with Crippen molar-refractivity contribution in [2.45, 2.75) is 64.3 Å². The zero-order valence-electron chi connectivity index (χ0n) is 25.3. The highest BCUT2D eigenvalue weighted by atomic mass is 35.5. The number of nitrogen functional groups attached to an aromatic ring is 1. The van der Waals surface area contributed by atoms with Crippen LogP contribution in [0.2, 0.25) is 5.02 Å². The highest BCUT2D eigenvalue weighted by Crippen LogP contribution is 2.49. The number of ether oxygens (including phenoxy) is 2. The zero-order chi connectivity index (χ0) is 31.5. The van der Waals surface area contributed by atoms with Crippen LogP contribution in [0.5, 0.6) is 6.01 Å². The Bertz CT molecular complexity index is 2070. The van der Waals surface area contributed by atoms with E-state index in [2.05, 4.69) is 33.5 Å². The molecule has 5 heterocycles. The first-order valence-electron chi connectivity index (χ1n) is 15.6. The summed E-state index contributed by atoms with van der Waals surface area (Å²) >= 11 is 8.39. The van der Waals surface area contributed by atoms with Crippen LogP contribution in [0.1, 0.15) is 59.3 Å². The first-order valence-corrected chi connectivity index (χ1v) is 16.8. The summed E-state index contributed by atoms with van der Waals surface area (Å²) in [5.74, 6) is 0.153. The van der Waals surface area contributed by atoms with Crippen LogP contribution in [-0.2, 0) is 37.3 Å². The predicted molar refractivity (Wildman–Crippen MR) is 177 cm³/mol. The second-order valence-corrected chi connectivity index (χ2v) is 13.7. The number of thiophene rings is 1. The van der Waals surface area contributed by atoms with Gasteiger partial charge in [-0.2, -0.15) is 20.3 Å². The predicted octanol–water partition coefficient (Wildman–Crippen LogP) is 6.48. The Labute approximate surface area is 273 Å². The highest BCUT2D eigenvalue weighted by Gasteiger charge is 2.31. The van der Waals surface area contributed by atoms with Gasteiger partial charge >= 0.3 is 6.01 Å². The minimum Gasteiger partial charge on any atom is -0.462 e. The molecule has 10 nitrogen and oxygen atoms in total. The summed E-state index contributed by atoms with van der Waals surface area (Å²) in [6.07, 6.45) is 6.45. The largest absolute Gasteiger partial charge is 0.462 e. The normalized spacial score (nSPS) is 17.8. The topological polar surface area (TPSA) is 138 Å². The molecule has 8 rings (SSSR count). The summed E-state index contributed by atoms with van der Waals surface area (Å²) in [5.41, 5.74) is 13.4. The molecule has 0 amide bonds. The lowest BCUT2D eigenvalue weighted by Crippen LogP contribution is -2.31. The van der Waals surface area contributed by atoms with Crippen LogP contribution >= 0.6 is 22.9 Å². The van der Waals surface area contributed by atoms with E-state index in [0.29, 0.717) is 63.9 Å². The van der Waals surface area contributed by atoms with E-state index < -0.39 is 5.82 Å². The smallest absolute Gasteiger partial charge is 0.319 e. The van der Waals surface area contributed by atoms with Gasteiger partial charge < -0.3 is 25.4 Å². The Hall–Kier alpha value is -4.02. The molecule has 5 aromatic rings. The minimum absolute atomic E-state index is 0.218. The summed E-state index contributed by atoms with van der Waals surface area (Å²) < 4.78 is 27.6. The maximum Gasteiger partial charge on any atom is 0.319 e. The zero-order valence-corrected chi connectivity index (χ0v) is 26.9. The number of nitrogens with zero attached hydrogens (tertiary/aromatic N) is 5. The fraction of sp³-hybridized carbons (Fsp3) is 0.394. The Morgan fingerprint density at radius 3 is 2.87 bits per heavy atom. The highest BCUT2D eigenvalue weighted by molar-refractivity contribution is 7.23. The number of benzene rings is 2. The number of hydrogen-bond acceptors (Lipinski definition) is 10.